The first-order valence-corrected chi connectivity index (χ1v) is 23.9. The van der Waals surface area contributed by atoms with Gasteiger partial charge in [0, 0.05) is 94.0 Å². The molecule has 0 bridgehead atoms. The average Bonchev–Trinajstić information content (AvgIpc) is 3.85. The zero-order valence-electron chi connectivity index (χ0n) is 40.0. The molecule has 1 unspecified atom stereocenters. The predicted molar refractivity (Wildman–Crippen MR) is 261 cm³/mol. The van der Waals surface area contributed by atoms with Gasteiger partial charge in [0.15, 0.2) is 0 Å². The molecule has 16 nitrogen and oxygen atoms in total. The summed E-state index contributed by atoms with van der Waals surface area (Å²) in [6.07, 6.45) is 7.04. The molecule has 4 fully saturated rings. The number of aromatic nitrogens is 1. The highest BCUT2D eigenvalue weighted by Crippen LogP contribution is 2.48. The smallest absolute Gasteiger partial charge is 0.262 e. The summed E-state index contributed by atoms with van der Waals surface area (Å²) in [5, 5.41) is 5.95. The molecule has 1 spiro atoms. The first kappa shape index (κ1) is 49.0. The number of piperazine rings is 1. The number of hydrogen-bond acceptors (Lipinski definition) is 13. The maximum absolute atomic E-state index is 13.1. The van der Waals surface area contributed by atoms with E-state index in [1.807, 2.05) is 58.4 Å². The van der Waals surface area contributed by atoms with Crippen LogP contribution in [0.1, 0.15) is 81.9 Å². The number of ether oxygens (including phenoxy) is 2. The number of carbonyl (C=O) groups is 5. The Hall–Kier alpha value is -5.88. The molecule has 9 rings (SSSR count). The van der Waals surface area contributed by atoms with Crippen molar-refractivity contribution in [1.82, 2.24) is 34.8 Å². The highest BCUT2D eigenvalue weighted by Gasteiger charge is 2.51. The minimum absolute atomic E-state index is 0.103. The first-order chi connectivity index (χ1) is 32.1. The van der Waals surface area contributed by atoms with Gasteiger partial charge in [0.25, 0.3) is 23.3 Å². The lowest BCUT2D eigenvalue weighted by molar-refractivity contribution is -0.136. The molecule has 67 heavy (non-hydrogen) atoms. The number of piperidine rings is 1. The second-order valence-electron chi connectivity index (χ2n) is 18.2. The molecular weight excluding hydrogens is 873 g/mol. The van der Waals surface area contributed by atoms with Gasteiger partial charge in [-0.1, -0.05) is 19.9 Å². The van der Waals surface area contributed by atoms with Gasteiger partial charge < -0.3 is 34.1 Å². The van der Waals surface area contributed by atoms with Crippen molar-refractivity contribution in [2.75, 3.05) is 86.1 Å². The minimum atomic E-state index is -0.933. The fraction of sp³-hybridized carbons (Fsp3) is 0.480. The van der Waals surface area contributed by atoms with Crippen molar-refractivity contribution < 1.29 is 33.4 Å². The SMILES string of the molecule is C=CCCN1CCN(c2ccc3c(c2)C(=O)N(C2CCC(=O)NC2=O)C3=O)CC1.CC.COc1cc(-c2cn(C)c(=O)c3cc(C(=O)NC4CC5(C4)CN(C)C5)sc23)cc(OC)c1CN(C)C. The topological polar surface area (TPSA) is 166 Å². The average molecular weight is 937 g/mol. The van der Waals surface area contributed by atoms with Crippen LogP contribution in [0.15, 0.2) is 60.0 Å². The second kappa shape index (κ2) is 20.6. The van der Waals surface area contributed by atoms with Crippen molar-refractivity contribution >= 4 is 56.6 Å². The Labute approximate surface area is 396 Å². The van der Waals surface area contributed by atoms with E-state index in [1.165, 1.54) is 11.3 Å². The number of anilines is 1. The van der Waals surface area contributed by atoms with Crippen LogP contribution in [0.3, 0.4) is 0 Å². The van der Waals surface area contributed by atoms with Crippen molar-refractivity contribution in [2.45, 2.75) is 64.6 Å². The number of hydrogen-bond donors (Lipinski definition) is 2. The predicted octanol–water partition coefficient (Wildman–Crippen LogP) is 4.98. The molecule has 2 aromatic heterocycles. The summed E-state index contributed by atoms with van der Waals surface area (Å²) >= 11 is 1.36. The van der Waals surface area contributed by atoms with Gasteiger partial charge in [0.2, 0.25) is 11.8 Å². The van der Waals surface area contributed by atoms with Crippen molar-refractivity contribution in [1.29, 1.82) is 0 Å². The lowest BCUT2D eigenvalue weighted by Crippen LogP contribution is -2.65. The molecule has 2 aromatic carbocycles. The van der Waals surface area contributed by atoms with E-state index >= 15 is 0 Å². The zero-order chi connectivity index (χ0) is 48.3. The largest absolute Gasteiger partial charge is 0.496 e. The summed E-state index contributed by atoms with van der Waals surface area (Å²) in [5.74, 6) is -0.575. The summed E-state index contributed by atoms with van der Waals surface area (Å²) in [7, 11) is 11.2. The van der Waals surface area contributed by atoms with E-state index < -0.39 is 23.8 Å². The van der Waals surface area contributed by atoms with Crippen LogP contribution < -0.4 is 30.6 Å². The van der Waals surface area contributed by atoms with Crippen LogP contribution in [0.25, 0.3) is 21.2 Å². The van der Waals surface area contributed by atoms with E-state index in [0.29, 0.717) is 33.4 Å². The maximum atomic E-state index is 13.1. The van der Waals surface area contributed by atoms with Crippen LogP contribution in [-0.2, 0) is 23.2 Å². The van der Waals surface area contributed by atoms with Gasteiger partial charge in [-0.3, -0.25) is 43.9 Å². The summed E-state index contributed by atoms with van der Waals surface area (Å²) in [6.45, 7) is 15.2. The monoisotopic (exact) mass is 936 g/mol. The van der Waals surface area contributed by atoms with Gasteiger partial charge in [-0.05, 0) is 94.2 Å². The van der Waals surface area contributed by atoms with E-state index in [2.05, 4.69) is 43.9 Å². The molecule has 2 N–H and O–H groups in total. The van der Waals surface area contributed by atoms with E-state index in [1.54, 1.807) is 44.0 Å². The number of likely N-dealkylation sites (tertiary alicyclic amines) is 1. The normalized spacial score (nSPS) is 19.2. The number of nitrogens with zero attached hydrogens (tertiary/aromatic N) is 6. The molecule has 5 aliphatic rings. The second-order valence-corrected chi connectivity index (χ2v) is 19.3. The third-order valence-electron chi connectivity index (χ3n) is 13.2. The van der Waals surface area contributed by atoms with Crippen LogP contribution in [0, 0.1) is 5.41 Å². The standard InChI is InChI=1S/C27H34N4O4S.C21H24N4O4.C2H6/c1-29(2)12-20-21(34-5)7-16(8-22(20)35-6)19-13-31(4)26(33)18-9-23(36-24(18)19)25(32)28-17-10-27(11-17)14-30(3)15-27;1-2-3-8-23-9-11-24(12-10-23)14-4-5-15-16(13-14)21(29)25(20(15)28)17-6-7-18(26)22-19(17)27;1-2/h7-9,13,17H,10-12,14-15H2,1-6H3,(H,28,32);2,4-5,13,17H,1,3,6-12H2,(H,22,26,27);1-2H3. The van der Waals surface area contributed by atoms with E-state index in [0.717, 1.165) is 109 Å². The van der Waals surface area contributed by atoms with Crippen LogP contribution in [-0.4, -0.2) is 147 Å². The van der Waals surface area contributed by atoms with Gasteiger partial charge >= 0.3 is 0 Å². The van der Waals surface area contributed by atoms with Crippen LogP contribution in [0.4, 0.5) is 5.69 Å². The van der Waals surface area contributed by atoms with Crippen molar-refractivity contribution in [3.8, 4) is 22.6 Å². The van der Waals surface area contributed by atoms with Crippen molar-refractivity contribution in [2.24, 2.45) is 12.5 Å². The molecule has 1 saturated carbocycles. The molecule has 0 radical (unpaired) electrons. The number of thiophene rings is 1. The molecule has 358 valence electrons. The van der Waals surface area contributed by atoms with Crippen LogP contribution in [0.2, 0.25) is 0 Å². The number of aryl methyl sites for hydroxylation is 1. The fourth-order valence-corrected chi connectivity index (χ4v) is 11.1. The lowest BCUT2D eigenvalue weighted by Gasteiger charge is -2.58. The van der Waals surface area contributed by atoms with Gasteiger partial charge in [-0.15, -0.1) is 17.9 Å². The Morgan fingerprint density at radius 1 is 0.925 bits per heavy atom. The molecule has 17 heteroatoms. The molecular formula is C50H64N8O8S. The van der Waals surface area contributed by atoms with Crippen molar-refractivity contribution in [3.05, 3.63) is 87.2 Å². The number of imide groups is 2. The molecule has 1 aliphatic carbocycles. The first-order valence-electron chi connectivity index (χ1n) is 23.1. The Balaban J connectivity index is 0.000000196. The van der Waals surface area contributed by atoms with E-state index in [-0.39, 0.29) is 36.3 Å². The van der Waals surface area contributed by atoms with E-state index in [4.69, 9.17) is 9.47 Å². The minimum Gasteiger partial charge on any atom is -0.496 e. The van der Waals surface area contributed by atoms with Gasteiger partial charge in [-0.25, -0.2) is 0 Å². The molecule has 4 aliphatic heterocycles. The molecule has 1 atom stereocenters. The fourth-order valence-electron chi connectivity index (χ4n) is 10.0. The number of amides is 5. The summed E-state index contributed by atoms with van der Waals surface area (Å²) < 4.78 is 13.8. The quantitative estimate of drug-likeness (QED) is 0.145. The van der Waals surface area contributed by atoms with Crippen LogP contribution in [0.5, 0.6) is 11.5 Å². The highest BCUT2D eigenvalue weighted by atomic mass is 32.1. The maximum Gasteiger partial charge on any atom is 0.262 e. The van der Waals surface area contributed by atoms with E-state index in [9.17, 15) is 28.8 Å². The Kier molecular flexibility index (Phi) is 15.0. The molecule has 5 amide bonds. The number of nitrogens with one attached hydrogen (secondary N) is 2. The number of carbonyl (C=O) groups excluding carboxylic acids is 5. The third-order valence-corrected chi connectivity index (χ3v) is 14.3. The highest BCUT2D eigenvalue weighted by molar-refractivity contribution is 7.21. The third kappa shape index (κ3) is 10.1. The van der Waals surface area contributed by atoms with Crippen LogP contribution >= 0.6 is 11.3 Å². The molecule has 3 saturated heterocycles. The molecule has 6 heterocycles. The number of pyridine rings is 1. The number of benzene rings is 2. The zero-order valence-corrected chi connectivity index (χ0v) is 40.8. The summed E-state index contributed by atoms with van der Waals surface area (Å²) in [5.41, 5.74) is 4.51. The lowest BCUT2D eigenvalue weighted by atomic mass is 9.61. The van der Waals surface area contributed by atoms with Gasteiger partial charge in [0.1, 0.15) is 17.5 Å². The van der Waals surface area contributed by atoms with Gasteiger partial charge in [0.05, 0.1) is 41.2 Å². The summed E-state index contributed by atoms with van der Waals surface area (Å²) in [4.78, 5) is 85.9. The van der Waals surface area contributed by atoms with Gasteiger partial charge in [-0.2, -0.15) is 0 Å². The number of methoxy groups -OCH3 is 2. The number of fused-ring (bicyclic) bond motifs is 2. The Morgan fingerprint density at radius 2 is 1.58 bits per heavy atom. The number of rotatable bonds is 12. The Morgan fingerprint density at radius 3 is 2.18 bits per heavy atom. The molecule has 4 aromatic rings. The summed E-state index contributed by atoms with van der Waals surface area (Å²) in [6, 6.07) is 10.2. The Bertz CT molecular complexity index is 2590. The van der Waals surface area contributed by atoms with Crippen molar-refractivity contribution in [3.63, 3.8) is 0 Å².